The Morgan fingerprint density at radius 3 is 2.67 bits per heavy atom. The van der Waals surface area contributed by atoms with Crippen molar-refractivity contribution in [3.8, 4) is 0 Å². The summed E-state index contributed by atoms with van der Waals surface area (Å²) in [5, 5.41) is 0. The molecule has 0 spiro atoms. The molecular weight excluding hydrogens is 229 g/mol. The van der Waals surface area contributed by atoms with Crippen LogP contribution in [0.2, 0.25) is 0 Å². The molecule has 1 unspecified atom stereocenters. The molecule has 2 rings (SSSR count). The highest BCUT2D eigenvalue weighted by atomic mass is 19.1. The molecule has 1 aromatic carbocycles. The highest BCUT2D eigenvalue weighted by Crippen LogP contribution is 2.25. The fraction of sp³-hybridized carbons (Fsp3) is 0.214. The van der Waals surface area contributed by atoms with Crippen LogP contribution in [0.1, 0.15) is 28.4 Å². The van der Waals surface area contributed by atoms with Crippen LogP contribution in [-0.4, -0.2) is 4.98 Å². The minimum absolute atomic E-state index is 0.234. The number of benzene rings is 1. The molecule has 3 nitrogen and oxygen atoms in total. The lowest BCUT2D eigenvalue weighted by molar-refractivity contribution is 0.602. The average molecular weight is 245 g/mol. The van der Waals surface area contributed by atoms with Crippen molar-refractivity contribution in [2.45, 2.75) is 19.9 Å². The lowest BCUT2D eigenvalue weighted by atomic mass is 9.95. The van der Waals surface area contributed by atoms with Crippen LogP contribution in [0.15, 0.2) is 36.5 Å². The molecule has 94 valence electrons. The highest BCUT2D eigenvalue weighted by Gasteiger charge is 2.15. The van der Waals surface area contributed by atoms with E-state index in [4.69, 9.17) is 5.84 Å². The molecule has 1 heterocycles. The highest BCUT2D eigenvalue weighted by molar-refractivity contribution is 5.37. The van der Waals surface area contributed by atoms with Crippen LogP contribution in [0.3, 0.4) is 0 Å². The zero-order valence-corrected chi connectivity index (χ0v) is 10.4. The van der Waals surface area contributed by atoms with Crippen LogP contribution < -0.4 is 11.3 Å². The summed E-state index contributed by atoms with van der Waals surface area (Å²) in [6.07, 6.45) is 1.73. The smallest absolute Gasteiger partial charge is 0.123 e. The Balaban J connectivity index is 2.48. The van der Waals surface area contributed by atoms with Gasteiger partial charge in [-0.1, -0.05) is 6.07 Å². The second-order valence-corrected chi connectivity index (χ2v) is 4.33. The topological polar surface area (TPSA) is 50.9 Å². The summed E-state index contributed by atoms with van der Waals surface area (Å²) in [7, 11) is 0. The molecule has 0 saturated carbocycles. The van der Waals surface area contributed by atoms with Gasteiger partial charge in [0.25, 0.3) is 0 Å². The van der Waals surface area contributed by atoms with E-state index >= 15 is 0 Å². The molecule has 1 aromatic heterocycles. The van der Waals surface area contributed by atoms with Gasteiger partial charge in [-0.15, -0.1) is 0 Å². The predicted molar refractivity (Wildman–Crippen MR) is 69.3 cm³/mol. The van der Waals surface area contributed by atoms with Crippen molar-refractivity contribution >= 4 is 0 Å². The van der Waals surface area contributed by atoms with Crippen LogP contribution in [-0.2, 0) is 0 Å². The molecule has 0 aliphatic rings. The molecule has 0 radical (unpaired) electrons. The van der Waals surface area contributed by atoms with E-state index in [1.807, 2.05) is 26.0 Å². The van der Waals surface area contributed by atoms with Gasteiger partial charge in [0.2, 0.25) is 0 Å². The Hall–Kier alpha value is -1.78. The van der Waals surface area contributed by atoms with Crippen molar-refractivity contribution in [2.75, 3.05) is 0 Å². The summed E-state index contributed by atoms with van der Waals surface area (Å²) < 4.78 is 13.4. The Labute approximate surface area is 106 Å². The molecule has 1 atom stereocenters. The largest absolute Gasteiger partial charge is 0.271 e. The Bertz CT molecular complexity index is 554. The van der Waals surface area contributed by atoms with Gasteiger partial charge in [0, 0.05) is 11.9 Å². The number of nitrogens with zero attached hydrogens (tertiary/aromatic N) is 1. The van der Waals surface area contributed by atoms with E-state index in [1.54, 1.807) is 12.3 Å². The monoisotopic (exact) mass is 245 g/mol. The van der Waals surface area contributed by atoms with Gasteiger partial charge in [0.15, 0.2) is 0 Å². The van der Waals surface area contributed by atoms with Crippen LogP contribution in [0.25, 0.3) is 0 Å². The van der Waals surface area contributed by atoms with Crippen LogP contribution in [0, 0.1) is 19.7 Å². The predicted octanol–water partition coefficient (Wildman–Crippen LogP) is 2.39. The van der Waals surface area contributed by atoms with Crippen LogP contribution in [0.5, 0.6) is 0 Å². The van der Waals surface area contributed by atoms with E-state index in [-0.39, 0.29) is 11.9 Å². The Morgan fingerprint density at radius 1 is 1.22 bits per heavy atom. The first-order valence-electron chi connectivity index (χ1n) is 5.76. The minimum Gasteiger partial charge on any atom is -0.271 e. The zero-order chi connectivity index (χ0) is 13.1. The number of rotatable bonds is 3. The first-order chi connectivity index (χ1) is 8.61. The maximum absolute atomic E-state index is 13.4. The minimum atomic E-state index is -0.262. The van der Waals surface area contributed by atoms with Crippen LogP contribution >= 0.6 is 0 Å². The van der Waals surface area contributed by atoms with E-state index in [0.29, 0.717) is 0 Å². The molecular formula is C14H16FN3. The normalized spacial score (nSPS) is 12.4. The van der Waals surface area contributed by atoms with Crippen molar-refractivity contribution in [2.24, 2.45) is 5.84 Å². The summed E-state index contributed by atoms with van der Waals surface area (Å²) in [4.78, 5) is 4.15. The molecule has 4 heteroatoms. The first-order valence-corrected chi connectivity index (χ1v) is 5.76. The van der Waals surface area contributed by atoms with Gasteiger partial charge in [-0.05, 0) is 54.8 Å². The van der Waals surface area contributed by atoms with Gasteiger partial charge < -0.3 is 0 Å². The number of hydrazine groups is 1. The molecule has 0 bridgehead atoms. The number of pyridine rings is 1. The van der Waals surface area contributed by atoms with E-state index in [1.165, 1.54) is 12.1 Å². The molecule has 0 aliphatic heterocycles. The van der Waals surface area contributed by atoms with Crippen molar-refractivity contribution < 1.29 is 4.39 Å². The number of hydrogen-bond acceptors (Lipinski definition) is 3. The van der Waals surface area contributed by atoms with Crippen molar-refractivity contribution in [3.05, 3.63) is 64.7 Å². The van der Waals surface area contributed by atoms with E-state index in [2.05, 4.69) is 10.4 Å². The van der Waals surface area contributed by atoms with Crippen molar-refractivity contribution in [3.63, 3.8) is 0 Å². The molecule has 0 aliphatic carbocycles. The van der Waals surface area contributed by atoms with E-state index in [9.17, 15) is 4.39 Å². The lowest BCUT2D eigenvalue weighted by Gasteiger charge is -2.19. The number of aromatic nitrogens is 1. The summed E-state index contributed by atoms with van der Waals surface area (Å²) in [5.74, 6) is 5.35. The third-order valence-electron chi connectivity index (χ3n) is 2.97. The molecule has 2 aromatic rings. The van der Waals surface area contributed by atoms with Gasteiger partial charge in [-0.3, -0.25) is 10.8 Å². The molecule has 0 amide bonds. The quantitative estimate of drug-likeness (QED) is 0.645. The molecule has 3 N–H and O–H groups in total. The Kier molecular flexibility index (Phi) is 3.69. The number of hydrogen-bond donors (Lipinski definition) is 2. The van der Waals surface area contributed by atoms with Crippen molar-refractivity contribution in [1.29, 1.82) is 0 Å². The van der Waals surface area contributed by atoms with Gasteiger partial charge in [0.1, 0.15) is 5.82 Å². The van der Waals surface area contributed by atoms with E-state index < -0.39 is 0 Å². The second kappa shape index (κ2) is 5.25. The second-order valence-electron chi connectivity index (χ2n) is 4.33. The summed E-state index contributed by atoms with van der Waals surface area (Å²) in [5.41, 5.74) is 6.44. The number of aryl methyl sites for hydroxylation is 2. The molecule has 0 fully saturated rings. The number of nitrogens with two attached hydrogens (primary N) is 1. The number of halogens is 1. The molecule has 18 heavy (non-hydrogen) atoms. The summed E-state index contributed by atoms with van der Waals surface area (Å²) >= 11 is 0. The fourth-order valence-corrected chi connectivity index (χ4v) is 2.03. The first kappa shape index (κ1) is 12.7. The summed E-state index contributed by atoms with van der Waals surface area (Å²) in [6.45, 7) is 3.85. The van der Waals surface area contributed by atoms with E-state index in [0.717, 1.165) is 22.4 Å². The van der Waals surface area contributed by atoms with Gasteiger partial charge >= 0.3 is 0 Å². The Morgan fingerprint density at radius 2 is 2.00 bits per heavy atom. The standard InChI is InChI=1S/C14H16FN3/c1-9-3-4-12(15)8-13(9)14(18-16)11-5-6-17-10(2)7-11/h3-8,14,18H,16H2,1-2H3. The van der Waals surface area contributed by atoms with Crippen LogP contribution in [0.4, 0.5) is 4.39 Å². The van der Waals surface area contributed by atoms with Crippen molar-refractivity contribution in [1.82, 2.24) is 10.4 Å². The third kappa shape index (κ3) is 2.55. The van der Waals surface area contributed by atoms with Gasteiger partial charge in [0.05, 0.1) is 6.04 Å². The lowest BCUT2D eigenvalue weighted by Crippen LogP contribution is -2.29. The maximum Gasteiger partial charge on any atom is 0.123 e. The van der Waals surface area contributed by atoms with Gasteiger partial charge in [-0.25, -0.2) is 9.82 Å². The summed E-state index contributed by atoms with van der Waals surface area (Å²) in [6, 6.07) is 8.29. The zero-order valence-electron chi connectivity index (χ0n) is 10.4. The average Bonchev–Trinajstić information content (AvgIpc) is 2.35. The fourth-order valence-electron chi connectivity index (χ4n) is 2.03. The maximum atomic E-state index is 13.4. The molecule has 0 saturated heterocycles. The SMILES string of the molecule is Cc1cc(C(NN)c2cc(F)ccc2C)ccn1. The van der Waals surface area contributed by atoms with Gasteiger partial charge in [-0.2, -0.15) is 0 Å². The third-order valence-corrected chi connectivity index (χ3v) is 2.97. The number of nitrogens with one attached hydrogen (secondary N) is 1.